The van der Waals surface area contributed by atoms with E-state index >= 15 is 0 Å². The number of nitrogens with zero attached hydrogens (tertiary/aromatic N) is 5. The number of carboxylic acid groups (broad SMARTS) is 1. The normalized spacial score (nSPS) is 10.3. The number of anilines is 1. The monoisotopic (exact) mass is 278 g/mol. The predicted molar refractivity (Wildman–Crippen MR) is 68.8 cm³/mol. The van der Waals surface area contributed by atoms with Crippen LogP contribution in [0.15, 0.2) is 12.3 Å². The van der Waals surface area contributed by atoms with E-state index in [-0.39, 0.29) is 5.69 Å². The van der Waals surface area contributed by atoms with Gasteiger partial charge in [-0.3, -0.25) is 0 Å². The second kappa shape index (κ2) is 5.95. The zero-order valence-electron chi connectivity index (χ0n) is 11.1. The first-order valence-electron chi connectivity index (χ1n) is 5.85. The molecule has 0 amide bonds. The van der Waals surface area contributed by atoms with Crippen LogP contribution in [0.25, 0.3) is 0 Å². The maximum atomic E-state index is 10.7. The van der Waals surface area contributed by atoms with Gasteiger partial charge in [-0.05, 0) is 6.92 Å². The van der Waals surface area contributed by atoms with Crippen LogP contribution in [0.1, 0.15) is 16.2 Å². The number of hydrogen-bond donors (Lipinski definition) is 2. The summed E-state index contributed by atoms with van der Waals surface area (Å²) in [7, 11) is 1.54. The molecule has 2 N–H and O–H groups in total. The number of methoxy groups -OCH3 is 1. The van der Waals surface area contributed by atoms with E-state index in [1.807, 2.05) is 6.92 Å². The molecule has 0 radical (unpaired) electrons. The number of carbonyl (C=O) groups is 1. The number of aromatic nitrogens is 5. The molecule has 0 saturated carbocycles. The van der Waals surface area contributed by atoms with Gasteiger partial charge >= 0.3 is 5.97 Å². The van der Waals surface area contributed by atoms with E-state index in [2.05, 4.69) is 25.6 Å². The highest BCUT2D eigenvalue weighted by atomic mass is 16.5. The van der Waals surface area contributed by atoms with Gasteiger partial charge in [-0.15, -0.1) is 5.10 Å². The molecule has 0 fully saturated rings. The van der Waals surface area contributed by atoms with E-state index in [0.717, 1.165) is 5.69 Å². The van der Waals surface area contributed by atoms with Crippen LogP contribution in [0.3, 0.4) is 0 Å². The fourth-order valence-corrected chi connectivity index (χ4v) is 1.51. The third-order valence-electron chi connectivity index (χ3n) is 2.42. The molecule has 9 heteroatoms. The lowest BCUT2D eigenvalue weighted by atomic mass is 10.4. The number of aromatic carboxylic acids is 1. The van der Waals surface area contributed by atoms with Crippen molar-refractivity contribution in [1.29, 1.82) is 0 Å². The van der Waals surface area contributed by atoms with E-state index in [4.69, 9.17) is 9.84 Å². The van der Waals surface area contributed by atoms with Crippen molar-refractivity contribution in [3.8, 4) is 5.88 Å². The third kappa shape index (κ3) is 3.40. The van der Waals surface area contributed by atoms with E-state index < -0.39 is 5.97 Å². The zero-order chi connectivity index (χ0) is 14.5. The minimum Gasteiger partial charge on any atom is -0.481 e. The molecule has 0 saturated heterocycles. The fourth-order valence-electron chi connectivity index (χ4n) is 1.51. The van der Waals surface area contributed by atoms with Crippen LogP contribution in [0.2, 0.25) is 0 Å². The van der Waals surface area contributed by atoms with E-state index in [1.54, 1.807) is 6.07 Å². The first-order chi connectivity index (χ1) is 9.58. The van der Waals surface area contributed by atoms with Crippen molar-refractivity contribution in [2.24, 2.45) is 0 Å². The molecule has 0 spiro atoms. The number of aryl methyl sites for hydroxylation is 1. The van der Waals surface area contributed by atoms with Gasteiger partial charge in [0.2, 0.25) is 11.8 Å². The van der Waals surface area contributed by atoms with Gasteiger partial charge in [-0.2, -0.15) is 4.98 Å². The van der Waals surface area contributed by atoms with Gasteiger partial charge < -0.3 is 15.2 Å². The average Bonchev–Trinajstić information content (AvgIpc) is 2.87. The number of hydrogen-bond acceptors (Lipinski definition) is 7. The van der Waals surface area contributed by atoms with Crippen molar-refractivity contribution in [3.63, 3.8) is 0 Å². The van der Waals surface area contributed by atoms with Gasteiger partial charge in [0.1, 0.15) is 0 Å². The number of carboxylic acids is 1. The lowest BCUT2D eigenvalue weighted by Crippen LogP contribution is -2.13. The lowest BCUT2D eigenvalue weighted by molar-refractivity contribution is 0.0690. The highest BCUT2D eigenvalue weighted by molar-refractivity contribution is 5.84. The van der Waals surface area contributed by atoms with Crippen molar-refractivity contribution < 1.29 is 14.6 Å². The first-order valence-corrected chi connectivity index (χ1v) is 5.85. The molecule has 0 bridgehead atoms. The van der Waals surface area contributed by atoms with Crippen LogP contribution in [0, 0.1) is 6.92 Å². The van der Waals surface area contributed by atoms with Crippen molar-refractivity contribution in [2.75, 3.05) is 19.0 Å². The van der Waals surface area contributed by atoms with Gasteiger partial charge in [0, 0.05) is 18.3 Å². The van der Waals surface area contributed by atoms with Crippen LogP contribution in [-0.4, -0.2) is 49.7 Å². The molecule has 0 atom stereocenters. The Labute approximate surface area is 114 Å². The Balaban J connectivity index is 1.92. The highest BCUT2D eigenvalue weighted by Gasteiger charge is 2.08. The smallest absolute Gasteiger partial charge is 0.358 e. The quantitative estimate of drug-likeness (QED) is 0.769. The van der Waals surface area contributed by atoms with Crippen LogP contribution in [0.5, 0.6) is 5.88 Å². The fraction of sp³-hybridized carbons (Fsp3) is 0.364. The van der Waals surface area contributed by atoms with E-state index in [9.17, 15) is 4.79 Å². The maximum Gasteiger partial charge on any atom is 0.358 e. The Morgan fingerprint density at radius 2 is 2.30 bits per heavy atom. The summed E-state index contributed by atoms with van der Waals surface area (Å²) in [5.74, 6) is -0.176. The van der Waals surface area contributed by atoms with Gasteiger partial charge in [0.05, 0.1) is 19.9 Å². The zero-order valence-corrected chi connectivity index (χ0v) is 11.1. The first kappa shape index (κ1) is 13.7. The van der Waals surface area contributed by atoms with E-state index in [1.165, 1.54) is 18.0 Å². The Morgan fingerprint density at radius 3 is 2.95 bits per heavy atom. The summed E-state index contributed by atoms with van der Waals surface area (Å²) in [6.07, 6.45) is 1.36. The van der Waals surface area contributed by atoms with Crippen molar-refractivity contribution in [2.45, 2.75) is 13.5 Å². The average molecular weight is 278 g/mol. The molecular formula is C11H14N6O3. The van der Waals surface area contributed by atoms with Crippen molar-refractivity contribution in [1.82, 2.24) is 25.0 Å². The van der Waals surface area contributed by atoms with Crippen molar-refractivity contribution in [3.05, 3.63) is 23.7 Å². The summed E-state index contributed by atoms with van der Waals surface area (Å²) in [4.78, 5) is 19.0. The SMILES string of the molecule is COc1cc(C)nc(NCCn2cc(C(=O)O)nn2)n1. The molecular weight excluding hydrogens is 264 g/mol. The Morgan fingerprint density at radius 1 is 1.50 bits per heavy atom. The Bertz CT molecular complexity index is 612. The second-order valence-corrected chi connectivity index (χ2v) is 3.97. The summed E-state index contributed by atoms with van der Waals surface area (Å²) in [6, 6.07) is 1.72. The molecule has 2 rings (SSSR count). The standard InChI is InChI=1S/C11H14N6O3/c1-7-5-9(20-2)14-11(13-7)12-3-4-17-6-8(10(18)19)15-16-17/h5-6H,3-4H2,1-2H3,(H,18,19)(H,12,13,14). The molecule has 2 heterocycles. The van der Waals surface area contributed by atoms with Crippen LogP contribution in [-0.2, 0) is 6.54 Å². The van der Waals surface area contributed by atoms with Gasteiger partial charge in [-0.1, -0.05) is 5.21 Å². The summed E-state index contributed by atoms with van der Waals surface area (Å²) < 4.78 is 6.48. The summed E-state index contributed by atoms with van der Waals surface area (Å²) in [5.41, 5.74) is 0.701. The van der Waals surface area contributed by atoms with Crippen LogP contribution < -0.4 is 10.1 Å². The number of rotatable bonds is 6. The second-order valence-electron chi connectivity index (χ2n) is 3.97. The van der Waals surface area contributed by atoms with Crippen LogP contribution >= 0.6 is 0 Å². The van der Waals surface area contributed by atoms with Crippen molar-refractivity contribution >= 4 is 11.9 Å². The molecule has 0 aliphatic carbocycles. The lowest BCUT2D eigenvalue weighted by Gasteiger charge is -2.07. The minimum absolute atomic E-state index is 0.0847. The third-order valence-corrected chi connectivity index (χ3v) is 2.42. The van der Waals surface area contributed by atoms with Gasteiger partial charge in [0.15, 0.2) is 5.69 Å². The molecule has 20 heavy (non-hydrogen) atoms. The largest absolute Gasteiger partial charge is 0.481 e. The molecule has 2 aromatic rings. The van der Waals surface area contributed by atoms with Gasteiger partial charge in [0.25, 0.3) is 0 Å². The number of ether oxygens (including phenoxy) is 1. The Kier molecular flexibility index (Phi) is 4.08. The van der Waals surface area contributed by atoms with Crippen LogP contribution in [0.4, 0.5) is 5.95 Å². The summed E-state index contributed by atoms with van der Waals surface area (Å²) >= 11 is 0. The summed E-state index contributed by atoms with van der Waals surface area (Å²) in [6.45, 7) is 2.76. The van der Waals surface area contributed by atoms with Gasteiger partial charge in [-0.25, -0.2) is 14.5 Å². The Hall–Kier alpha value is -2.71. The molecule has 0 aromatic carbocycles. The molecule has 106 valence electrons. The van der Waals surface area contributed by atoms with E-state index in [0.29, 0.717) is 24.9 Å². The molecule has 2 aromatic heterocycles. The highest BCUT2D eigenvalue weighted by Crippen LogP contribution is 2.10. The molecule has 0 unspecified atom stereocenters. The topological polar surface area (TPSA) is 115 Å². The molecule has 0 aliphatic heterocycles. The summed E-state index contributed by atoms with van der Waals surface area (Å²) in [5, 5.41) is 19.0. The predicted octanol–water partition coefficient (Wildman–Crippen LogP) is 0.195. The minimum atomic E-state index is -1.10. The maximum absolute atomic E-state index is 10.7. The number of nitrogens with one attached hydrogen (secondary N) is 1. The molecule has 0 aliphatic rings. The molecule has 9 nitrogen and oxygen atoms in total.